The van der Waals surface area contributed by atoms with Crippen LogP contribution in [0.25, 0.3) is 0 Å². The minimum absolute atomic E-state index is 0.318. The Morgan fingerprint density at radius 2 is 1.70 bits per heavy atom. The van der Waals surface area contributed by atoms with Crippen molar-refractivity contribution < 1.29 is 9.94 Å². The van der Waals surface area contributed by atoms with Crippen LogP contribution in [-0.2, 0) is 0 Å². The van der Waals surface area contributed by atoms with Crippen molar-refractivity contribution in [3.8, 4) is 0 Å². The van der Waals surface area contributed by atoms with Crippen molar-refractivity contribution in [3.63, 3.8) is 0 Å². The first-order chi connectivity index (χ1) is 4.61. The van der Waals surface area contributed by atoms with Crippen LogP contribution < -0.4 is 4.73 Å². The van der Waals surface area contributed by atoms with Gasteiger partial charge in [-0.2, -0.15) is 0 Å². The molecule has 1 rings (SSSR count). The van der Waals surface area contributed by atoms with Gasteiger partial charge in [0.15, 0.2) is 0 Å². The lowest BCUT2D eigenvalue weighted by Crippen LogP contribution is -2.28. The van der Waals surface area contributed by atoms with Crippen molar-refractivity contribution in [2.45, 2.75) is 4.90 Å². The van der Waals surface area contributed by atoms with E-state index in [4.69, 9.17) is 28.4 Å². The van der Waals surface area contributed by atoms with Gasteiger partial charge < -0.3 is 0 Å². The third kappa shape index (κ3) is 1.48. The van der Waals surface area contributed by atoms with Crippen LogP contribution in [0.2, 0.25) is 10.0 Å². The lowest BCUT2D eigenvalue weighted by molar-refractivity contribution is -0.904. The van der Waals surface area contributed by atoms with E-state index in [0.29, 0.717) is 14.9 Å². The summed E-state index contributed by atoms with van der Waals surface area (Å²) in [5, 5.41) is 9.47. The number of hydrogen-bond acceptors (Lipinski definition) is 2. The van der Waals surface area contributed by atoms with Gasteiger partial charge in [-0.3, -0.25) is 5.21 Å². The molecule has 0 aliphatic rings. The van der Waals surface area contributed by atoms with Crippen molar-refractivity contribution in [1.29, 1.82) is 0 Å². The van der Waals surface area contributed by atoms with Crippen molar-refractivity contribution in [2.75, 3.05) is 0 Å². The number of hydrogen-bond donors (Lipinski definition) is 2. The Bertz CT molecular complexity index is 243. The zero-order valence-corrected chi connectivity index (χ0v) is 7.16. The number of halogens is 2. The lowest BCUT2D eigenvalue weighted by Gasteiger charge is -1.93. The molecule has 0 aliphatic carbocycles. The van der Waals surface area contributed by atoms with Crippen LogP contribution in [0.4, 0.5) is 0 Å². The second-order valence-electron chi connectivity index (χ2n) is 1.68. The minimum Gasteiger partial charge on any atom is -0.285 e. The highest BCUT2D eigenvalue weighted by Gasteiger charge is 2.09. The highest BCUT2D eigenvalue weighted by molar-refractivity contribution is 7.80. The Balaban J connectivity index is 3.31. The van der Waals surface area contributed by atoms with Crippen LogP contribution in [0.1, 0.15) is 0 Å². The van der Waals surface area contributed by atoms with Gasteiger partial charge in [0.2, 0.25) is 12.4 Å². The molecule has 1 aromatic rings. The fourth-order valence-electron chi connectivity index (χ4n) is 0.506. The molecule has 0 unspecified atom stereocenters. The highest BCUT2D eigenvalue weighted by atomic mass is 35.5. The molecular weight excluding hydrogens is 193 g/mol. The van der Waals surface area contributed by atoms with E-state index in [9.17, 15) is 0 Å². The van der Waals surface area contributed by atoms with Crippen LogP contribution in [0.15, 0.2) is 17.3 Å². The molecule has 0 atom stereocenters. The van der Waals surface area contributed by atoms with Gasteiger partial charge in [-0.25, -0.2) is 0 Å². The monoisotopic (exact) mass is 196 g/mol. The number of pyridine rings is 1. The van der Waals surface area contributed by atoms with Gasteiger partial charge >= 0.3 is 0 Å². The van der Waals surface area contributed by atoms with Crippen LogP contribution in [0.3, 0.4) is 0 Å². The molecule has 0 aliphatic heterocycles. The van der Waals surface area contributed by atoms with Crippen molar-refractivity contribution in [3.05, 3.63) is 22.4 Å². The lowest BCUT2D eigenvalue weighted by atomic mass is 10.5. The first kappa shape index (κ1) is 7.98. The molecular formula is C5H4Cl2NOS+. The third-order valence-corrected chi connectivity index (χ3v) is 2.26. The molecule has 1 heterocycles. The topological polar surface area (TPSA) is 24.1 Å². The number of rotatable bonds is 0. The first-order valence-corrected chi connectivity index (χ1v) is 3.60. The molecule has 54 valence electrons. The fourth-order valence-corrected chi connectivity index (χ4v) is 1.07. The normalized spacial score (nSPS) is 9.90. The van der Waals surface area contributed by atoms with Gasteiger partial charge in [-0.1, -0.05) is 23.2 Å². The largest absolute Gasteiger partial charge is 0.285 e. The summed E-state index contributed by atoms with van der Waals surface area (Å²) in [4.78, 5) is 0.466. The second-order valence-corrected chi connectivity index (χ2v) is 2.94. The molecule has 0 saturated carbocycles. The van der Waals surface area contributed by atoms with Crippen LogP contribution in [0, 0.1) is 0 Å². The average Bonchev–Trinajstić information content (AvgIpc) is 1.82. The molecule has 1 aromatic heterocycles. The second kappa shape index (κ2) is 2.86. The fraction of sp³-hybridized carbons (Fsp3) is 0. The van der Waals surface area contributed by atoms with Crippen LogP contribution in [0.5, 0.6) is 0 Å². The van der Waals surface area contributed by atoms with Crippen molar-refractivity contribution in [1.82, 2.24) is 0 Å². The maximum absolute atomic E-state index is 8.83. The van der Waals surface area contributed by atoms with E-state index in [0.717, 1.165) is 4.73 Å². The van der Waals surface area contributed by atoms with Crippen LogP contribution >= 0.6 is 35.8 Å². The number of nitrogens with zero attached hydrogens (tertiary/aromatic N) is 1. The maximum atomic E-state index is 8.83. The predicted octanol–water partition coefficient (Wildman–Crippen LogP) is 1.81. The molecule has 0 spiro atoms. The molecule has 10 heavy (non-hydrogen) atoms. The summed E-state index contributed by atoms with van der Waals surface area (Å²) in [6.07, 6.45) is 2.60. The maximum Gasteiger partial charge on any atom is 0.242 e. The molecule has 2 nitrogen and oxygen atoms in total. The summed E-state index contributed by atoms with van der Waals surface area (Å²) < 4.78 is 0.782. The summed E-state index contributed by atoms with van der Waals surface area (Å²) in [6.45, 7) is 0. The van der Waals surface area contributed by atoms with E-state index in [-0.39, 0.29) is 0 Å². The molecule has 0 saturated heterocycles. The SMILES string of the molecule is O[n+]1cc(Cl)c(S)c(Cl)c1. The Labute approximate surface area is 73.4 Å². The van der Waals surface area contributed by atoms with E-state index in [2.05, 4.69) is 12.6 Å². The first-order valence-electron chi connectivity index (χ1n) is 2.40. The van der Waals surface area contributed by atoms with Gasteiger partial charge in [0.05, 0.1) is 4.90 Å². The quantitative estimate of drug-likeness (QED) is 0.370. The van der Waals surface area contributed by atoms with E-state index in [1.807, 2.05) is 0 Å². The van der Waals surface area contributed by atoms with Gasteiger partial charge in [0.1, 0.15) is 10.0 Å². The summed E-state index contributed by atoms with van der Waals surface area (Å²) in [6, 6.07) is 0. The summed E-state index contributed by atoms with van der Waals surface area (Å²) in [5.74, 6) is 0. The van der Waals surface area contributed by atoms with Gasteiger partial charge in [-0.05, 0) is 0 Å². The van der Waals surface area contributed by atoms with E-state index in [1.165, 1.54) is 12.4 Å². The molecule has 0 amide bonds. The van der Waals surface area contributed by atoms with Gasteiger partial charge in [-0.15, -0.1) is 12.6 Å². The molecule has 0 aromatic carbocycles. The Morgan fingerprint density at radius 3 is 2.10 bits per heavy atom. The smallest absolute Gasteiger partial charge is 0.242 e. The third-order valence-electron chi connectivity index (χ3n) is 0.944. The standard InChI is InChI=1S/C5H3Cl2NOS/c6-3-1-8(9)2-4(7)5(3)10/h1-2,9H/p+1. The van der Waals surface area contributed by atoms with E-state index >= 15 is 0 Å². The molecule has 0 radical (unpaired) electrons. The Morgan fingerprint density at radius 1 is 1.30 bits per heavy atom. The Hall–Kier alpha value is -0.120. The summed E-state index contributed by atoms with van der Waals surface area (Å²) in [5.41, 5.74) is 0. The summed E-state index contributed by atoms with van der Waals surface area (Å²) in [7, 11) is 0. The Kier molecular flexibility index (Phi) is 2.28. The predicted molar refractivity (Wildman–Crippen MR) is 41.1 cm³/mol. The van der Waals surface area contributed by atoms with Crippen molar-refractivity contribution >= 4 is 35.8 Å². The number of thiol groups is 1. The van der Waals surface area contributed by atoms with Crippen molar-refractivity contribution in [2.24, 2.45) is 0 Å². The summed E-state index contributed by atoms with van der Waals surface area (Å²) >= 11 is 15.1. The zero-order chi connectivity index (χ0) is 7.72. The zero-order valence-electron chi connectivity index (χ0n) is 4.75. The van der Waals surface area contributed by atoms with Gasteiger partial charge in [0, 0.05) is 4.73 Å². The molecule has 0 fully saturated rings. The highest BCUT2D eigenvalue weighted by Crippen LogP contribution is 2.24. The molecule has 1 N–H and O–H groups in total. The van der Waals surface area contributed by atoms with Gasteiger partial charge in [0.25, 0.3) is 0 Å². The van der Waals surface area contributed by atoms with E-state index in [1.54, 1.807) is 0 Å². The number of aromatic nitrogens is 1. The molecule has 5 heteroatoms. The average molecular weight is 197 g/mol. The minimum atomic E-state index is 0.318. The molecule has 0 bridgehead atoms. The van der Waals surface area contributed by atoms with Crippen LogP contribution in [-0.4, -0.2) is 5.21 Å². The van der Waals surface area contributed by atoms with E-state index < -0.39 is 0 Å².